The average Bonchev–Trinajstić information content (AvgIpc) is 2.54. The smallest absolute Gasteiger partial charge is 0.281 e. The zero-order valence-electron chi connectivity index (χ0n) is 13.4. The van der Waals surface area contributed by atoms with Crippen LogP contribution in [0.15, 0.2) is 39.3 Å². The Balaban J connectivity index is 2.40. The minimum Gasteiger partial charge on any atom is -0.493 e. The summed E-state index contributed by atoms with van der Waals surface area (Å²) in [5.74, 6) is -0.588. The number of amides is 1. The average molecular weight is 325 g/mol. The van der Waals surface area contributed by atoms with E-state index in [9.17, 15) is 14.7 Å². The van der Waals surface area contributed by atoms with E-state index >= 15 is 0 Å². The molecule has 1 aromatic heterocycles. The van der Waals surface area contributed by atoms with Gasteiger partial charge in [-0.1, -0.05) is 0 Å². The van der Waals surface area contributed by atoms with Crippen molar-refractivity contribution in [2.45, 2.75) is 13.8 Å². The molecule has 8 heteroatoms. The summed E-state index contributed by atoms with van der Waals surface area (Å²) in [6, 6.07) is 8.40. The molecular formula is C16H15N5O3. The Kier molecular flexibility index (Phi) is 4.75. The van der Waals surface area contributed by atoms with Gasteiger partial charge in [-0.05, 0) is 31.2 Å². The van der Waals surface area contributed by atoms with E-state index in [0.717, 1.165) is 4.57 Å². The number of aromatic hydroxyl groups is 1. The molecule has 2 N–H and O–H groups in total. The van der Waals surface area contributed by atoms with Crippen LogP contribution in [-0.4, -0.2) is 15.6 Å². The van der Waals surface area contributed by atoms with Crippen LogP contribution in [0.5, 0.6) is 5.88 Å². The summed E-state index contributed by atoms with van der Waals surface area (Å²) in [5, 5.41) is 29.4. The summed E-state index contributed by atoms with van der Waals surface area (Å²) in [7, 11) is 1.35. The number of nitriles is 1. The number of hydrogen-bond acceptors (Lipinski definition) is 6. The summed E-state index contributed by atoms with van der Waals surface area (Å²) in [6.07, 6.45) is 0. The molecule has 0 spiro atoms. The van der Waals surface area contributed by atoms with Gasteiger partial charge in [0.15, 0.2) is 5.69 Å². The van der Waals surface area contributed by atoms with Gasteiger partial charge in [0.1, 0.15) is 11.6 Å². The van der Waals surface area contributed by atoms with Crippen LogP contribution >= 0.6 is 0 Å². The van der Waals surface area contributed by atoms with Gasteiger partial charge in [0, 0.05) is 25.2 Å². The zero-order valence-corrected chi connectivity index (χ0v) is 13.4. The molecular weight excluding hydrogens is 310 g/mol. The first-order chi connectivity index (χ1) is 11.3. The minimum atomic E-state index is -0.553. The Labute approximate surface area is 137 Å². The number of azo groups is 1. The molecule has 1 amide bonds. The summed E-state index contributed by atoms with van der Waals surface area (Å²) in [6.45, 7) is 2.93. The third-order valence-electron chi connectivity index (χ3n) is 3.34. The molecule has 24 heavy (non-hydrogen) atoms. The molecule has 0 unspecified atom stereocenters. The van der Waals surface area contributed by atoms with Crippen LogP contribution in [0.3, 0.4) is 0 Å². The Hall–Kier alpha value is -3.47. The molecule has 1 heterocycles. The second-order valence-corrected chi connectivity index (χ2v) is 5.08. The van der Waals surface area contributed by atoms with Gasteiger partial charge < -0.3 is 10.4 Å². The Morgan fingerprint density at radius 3 is 2.46 bits per heavy atom. The maximum atomic E-state index is 12.2. The van der Waals surface area contributed by atoms with E-state index in [-0.39, 0.29) is 22.7 Å². The molecule has 2 rings (SSSR count). The van der Waals surface area contributed by atoms with E-state index in [1.807, 2.05) is 6.07 Å². The second kappa shape index (κ2) is 6.75. The van der Waals surface area contributed by atoms with Crippen molar-refractivity contribution >= 4 is 23.0 Å². The fourth-order valence-electron chi connectivity index (χ4n) is 2.04. The molecule has 8 nitrogen and oxygen atoms in total. The normalized spacial score (nSPS) is 10.6. The number of anilines is 1. The molecule has 2 aromatic rings. The lowest BCUT2D eigenvalue weighted by Crippen LogP contribution is -2.18. The van der Waals surface area contributed by atoms with Crippen LogP contribution in [0.4, 0.5) is 17.1 Å². The fraction of sp³-hybridized carbons (Fsp3) is 0.188. The maximum absolute atomic E-state index is 12.2. The number of nitrogens with one attached hydrogen (secondary N) is 1. The number of benzene rings is 1. The molecule has 0 aliphatic carbocycles. The van der Waals surface area contributed by atoms with Crippen molar-refractivity contribution in [2.75, 3.05) is 5.32 Å². The van der Waals surface area contributed by atoms with Gasteiger partial charge in [0.2, 0.25) is 11.8 Å². The number of aromatic nitrogens is 1. The minimum absolute atomic E-state index is 0.0159. The highest BCUT2D eigenvalue weighted by atomic mass is 16.3. The first-order valence-electron chi connectivity index (χ1n) is 6.97. The van der Waals surface area contributed by atoms with Crippen LogP contribution in [0.1, 0.15) is 18.1 Å². The highest BCUT2D eigenvalue weighted by molar-refractivity contribution is 5.88. The number of carbonyl (C=O) groups excluding carboxylic acids is 1. The Morgan fingerprint density at radius 1 is 1.29 bits per heavy atom. The lowest BCUT2D eigenvalue weighted by Gasteiger charge is -2.08. The van der Waals surface area contributed by atoms with Crippen LogP contribution in [0.2, 0.25) is 0 Å². The molecule has 0 radical (unpaired) electrons. The summed E-state index contributed by atoms with van der Waals surface area (Å²) < 4.78 is 0.944. The quantitative estimate of drug-likeness (QED) is 0.843. The van der Waals surface area contributed by atoms with Crippen molar-refractivity contribution in [3.8, 4) is 11.9 Å². The predicted molar refractivity (Wildman–Crippen MR) is 87.7 cm³/mol. The lowest BCUT2D eigenvalue weighted by molar-refractivity contribution is -0.114. The van der Waals surface area contributed by atoms with E-state index in [1.54, 1.807) is 24.3 Å². The highest BCUT2D eigenvalue weighted by Gasteiger charge is 2.16. The molecule has 1 aromatic carbocycles. The third kappa shape index (κ3) is 3.30. The van der Waals surface area contributed by atoms with Crippen molar-refractivity contribution < 1.29 is 9.90 Å². The third-order valence-corrected chi connectivity index (χ3v) is 3.34. The number of pyridine rings is 1. The molecule has 0 saturated heterocycles. The molecule has 0 bridgehead atoms. The standard InChI is InChI=1S/C16H15N5O3/c1-9-13(8-17)15(23)21(3)16(24)14(9)20-19-12-6-4-11(5-7-12)18-10(2)22/h4-7,23H,1-3H3,(H,18,22). The maximum Gasteiger partial charge on any atom is 0.281 e. The zero-order chi connectivity index (χ0) is 17.9. The van der Waals surface area contributed by atoms with Crippen molar-refractivity contribution in [3.63, 3.8) is 0 Å². The number of hydrogen-bond donors (Lipinski definition) is 2. The molecule has 0 aliphatic rings. The van der Waals surface area contributed by atoms with E-state index in [4.69, 9.17) is 5.26 Å². The molecule has 0 atom stereocenters. The first kappa shape index (κ1) is 16.9. The Bertz CT molecular complexity index is 921. The van der Waals surface area contributed by atoms with Crippen molar-refractivity contribution in [2.24, 2.45) is 17.3 Å². The predicted octanol–water partition coefficient (Wildman–Crippen LogP) is 2.64. The summed E-state index contributed by atoms with van der Waals surface area (Å²) in [5.41, 5.74) is 0.756. The van der Waals surface area contributed by atoms with Gasteiger partial charge in [-0.3, -0.25) is 14.2 Å². The molecule has 0 aliphatic heterocycles. The van der Waals surface area contributed by atoms with Crippen LogP contribution in [-0.2, 0) is 11.8 Å². The molecule has 0 saturated carbocycles. The number of carbonyl (C=O) groups is 1. The highest BCUT2D eigenvalue weighted by Crippen LogP contribution is 2.26. The largest absolute Gasteiger partial charge is 0.493 e. The van der Waals surface area contributed by atoms with Gasteiger partial charge in [-0.25, -0.2) is 0 Å². The molecule has 0 fully saturated rings. The number of rotatable bonds is 3. The SMILES string of the molecule is CC(=O)Nc1ccc(N=Nc2c(C)c(C#N)c(O)n(C)c2=O)cc1. The van der Waals surface area contributed by atoms with Gasteiger partial charge in [0.25, 0.3) is 5.56 Å². The van der Waals surface area contributed by atoms with Crippen molar-refractivity contribution in [1.82, 2.24) is 4.57 Å². The van der Waals surface area contributed by atoms with Gasteiger partial charge >= 0.3 is 0 Å². The first-order valence-corrected chi connectivity index (χ1v) is 6.97. The van der Waals surface area contributed by atoms with Crippen molar-refractivity contribution in [3.05, 3.63) is 45.7 Å². The second-order valence-electron chi connectivity index (χ2n) is 5.08. The van der Waals surface area contributed by atoms with E-state index in [2.05, 4.69) is 15.5 Å². The topological polar surface area (TPSA) is 120 Å². The van der Waals surface area contributed by atoms with Crippen LogP contribution in [0.25, 0.3) is 0 Å². The summed E-state index contributed by atoms with van der Waals surface area (Å²) in [4.78, 5) is 23.1. The van der Waals surface area contributed by atoms with Gasteiger partial charge in [-0.2, -0.15) is 10.4 Å². The fourth-order valence-corrected chi connectivity index (χ4v) is 2.04. The van der Waals surface area contributed by atoms with E-state index in [0.29, 0.717) is 11.4 Å². The van der Waals surface area contributed by atoms with E-state index in [1.165, 1.54) is 20.9 Å². The van der Waals surface area contributed by atoms with Crippen LogP contribution in [0, 0.1) is 18.3 Å². The number of nitrogens with zero attached hydrogens (tertiary/aromatic N) is 4. The van der Waals surface area contributed by atoms with Crippen LogP contribution < -0.4 is 10.9 Å². The lowest BCUT2D eigenvalue weighted by atomic mass is 10.1. The van der Waals surface area contributed by atoms with Crippen molar-refractivity contribution in [1.29, 1.82) is 5.26 Å². The Morgan fingerprint density at radius 2 is 1.92 bits per heavy atom. The van der Waals surface area contributed by atoms with E-state index < -0.39 is 11.4 Å². The monoisotopic (exact) mass is 325 g/mol. The summed E-state index contributed by atoms with van der Waals surface area (Å²) >= 11 is 0. The van der Waals surface area contributed by atoms with Gasteiger partial charge in [0.05, 0.1) is 5.69 Å². The van der Waals surface area contributed by atoms with Gasteiger partial charge in [-0.15, -0.1) is 5.11 Å². The molecule has 122 valence electrons.